The Morgan fingerprint density at radius 3 is 3.10 bits per heavy atom. The molecule has 0 spiro atoms. The minimum atomic E-state index is -0.0932. The number of methoxy groups -OCH3 is 1. The number of rotatable bonds is 2. The molecule has 0 aromatic carbocycles. The monoisotopic (exact) mass is 269 g/mol. The van der Waals surface area contributed by atoms with Gasteiger partial charge in [0.1, 0.15) is 5.69 Å². The number of allylic oxidation sites excluding steroid dienone is 2. The van der Waals surface area contributed by atoms with E-state index in [2.05, 4.69) is 21.4 Å². The van der Waals surface area contributed by atoms with Crippen molar-refractivity contribution in [2.45, 2.75) is 18.9 Å². The Bertz CT molecular complexity index is 632. The maximum atomic E-state index is 11.9. The Labute approximate surface area is 117 Å². The lowest BCUT2D eigenvalue weighted by Gasteiger charge is -2.15. The summed E-state index contributed by atoms with van der Waals surface area (Å²) >= 11 is 0. The number of fused-ring (bicyclic) bond motifs is 1. The number of aromatic nitrogens is 1. The molecular weight excluding hydrogens is 254 g/mol. The molecule has 2 aliphatic rings. The molecule has 0 saturated carbocycles. The molecule has 1 N–H and O–H groups in total. The summed E-state index contributed by atoms with van der Waals surface area (Å²) in [6, 6.07) is 3.66. The SMILES string of the molecule is COC1C=CC(C2=Nc3cccnc3NC(=O)C2)=CC1. The smallest absolute Gasteiger partial charge is 0.231 e. The normalized spacial score (nSPS) is 21.4. The van der Waals surface area contributed by atoms with Crippen molar-refractivity contribution in [3.05, 3.63) is 42.1 Å². The Morgan fingerprint density at radius 1 is 1.45 bits per heavy atom. The van der Waals surface area contributed by atoms with Gasteiger partial charge in [-0.15, -0.1) is 0 Å². The highest BCUT2D eigenvalue weighted by atomic mass is 16.5. The molecule has 20 heavy (non-hydrogen) atoms. The van der Waals surface area contributed by atoms with Gasteiger partial charge in [-0.2, -0.15) is 0 Å². The molecule has 1 aromatic heterocycles. The minimum Gasteiger partial charge on any atom is -0.377 e. The Hall–Kier alpha value is -2.27. The van der Waals surface area contributed by atoms with Crippen LogP contribution in [0.5, 0.6) is 0 Å². The zero-order valence-electron chi connectivity index (χ0n) is 11.2. The second kappa shape index (κ2) is 5.38. The first-order chi connectivity index (χ1) is 9.76. The molecule has 0 bridgehead atoms. The van der Waals surface area contributed by atoms with Crippen molar-refractivity contribution in [2.24, 2.45) is 4.99 Å². The highest BCUT2D eigenvalue weighted by Gasteiger charge is 2.19. The van der Waals surface area contributed by atoms with Crippen molar-refractivity contribution in [1.29, 1.82) is 0 Å². The molecule has 1 unspecified atom stereocenters. The van der Waals surface area contributed by atoms with Gasteiger partial charge < -0.3 is 10.1 Å². The summed E-state index contributed by atoms with van der Waals surface area (Å²) in [7, 11) is 1.69. The number of amides is 1. The van der Waals surface area contributed by atoms with E-state index in [0.717, 1.165) is 17.7 Å². The van der Waals surface area contributed by atoms with Crippen LogP contribution in [0.1, 0.15) is 12.8 Å². The summed E-state index contributed by atoms with van der Waals surface area (Å²) in [6.45, 7) is 0. The summed E-state index contributed by atoms with van der Waals surface area (Å²) in [6.07, 6.45) is 8.81. The van der Waals surface area contributed by atoms with Crippen molar-refractivity contribution in [3.63, 3.8) is 0 Å². The first-order valence-electron chi connectivity index (χ1n) is 6.50. The number of nitrogens with zero attached hydrogens (tertiary/aromatic N) is 2. The topological polar surface area (TPSA) is 63.6 Å². The molecular formula is C15H15N3O2. The first-order valence-corrected chi connectivity index (χ1v) is 6.50. The van der Waals surface area contributed by atoms with Gasteiger partial charge in [-0.05, 0) is 24.1 Å². The summed E-state index contributed by atoms with van der Waals surface area (Å²) < 4.78 is 5.27. The molecule has 1 aliphatic carbocycles. The number of anilines is 1. The van der Waals surface area contributed by atoms with E-state index >= 15 is 0 Å². The van der Waals surface area contributed by atoms with E-state index in [1.807, 2.05) is 24.3 Å². The largest absolute Gasteiger partial charge is 0.377 e. The van der Waals surface area contributed by atoms with Crippen molar-refractivity contribution in [2.75, 3.05) is 12.4 Å². The third-order valence-electron chi connectivity index (χ3n) is 3.32. The van der Waals surface area contributed by atoms with E-state index in [9.17, 15) is 4.79 Å². The maximum Gasteiger partial charge on any atom is 0.231 e. The lowest BCUT2D eigenvalue weighted by molar-refractivity contribution is -0.115. The van der Waals surface area contributed by atoms with Crippen LogP contribution in [0.2, 0.25) is 0 Å². The van der Waals surface area contributed by atoms with Crippen LogP contribution in [-0.2, 0) is 9.53 Å². The average molecular weight is 269 g/mol. The Kier molecular flexibility index (Phi) is 3.43. The molecule has 3 rings (SSSR count). The lowest BCUT2D eigenvalue weighted by atomic mass is 9.99. The van der Waals surface area contributed by atoms with Gasteiger partial charge in [0.05, 0.1) is 18.2 Å². The fourth-order valence-electron chi connectivity index (χ4n) is 2.25. The molecule has 0 radical (unpaired) electrons. The van der Waals surface area contributed by atoms with Crippen LogP contribution < -0.4 is 5.32 Å². The van der Waals surface area contributed by atoms with E-state index in [1.54, 1.807) is 13.3 Å². The first kappa shape index (κ1) is 12.7. The van der Waals surface area contributed by atoms with Gasteiger partial charge in [0.2, 0.25) is 5.91 Å². The number of hydrogen-bond acceptors (Lipinski definition) is 4. The number of carbonyl (C=O) groups excluding carboxylic acids is 1. The Morgan fingerprint density at radius 2 is 2.35 bits per heavy atom. The van der Waals surface area contributed by atoms with Crippen LogP contribution in [0.25, 0.3) is 0 Å². The van der Waals surface area contributed by atoms with E-state index in [-0.39, 0.29) is 18.4 Å². The number of nitrogens with one attached hydrogen (secondary N) is 1. The van der Waals surface area contributed by atoms with Gasteiger partial charge in [-0.25, -0.2) is 9.98 Å². The number of carbonyl (C=O) groups is 1. The number of hydrogen-bond donors (Lipinski definition) is 1. The lowest BCUT2D eigenvalue weighted by Crippen LogP contribution is -2.17. The van der Waals surface area contributed by atoms with Gasteiger partial charge in [0, 0.05) is 13.3 Å². The molecule has 102 valence electrons. The Balaban J connectivity index is 1.94. The van der Waals surface area contributed by atoms with Crippen molar-refractivity contribution in [1.82, 2.24) is 4.98 Å². The standard InChI is InChI=1S/C15H15N3O2/c1-20-11-6-4-10(5-7-11)13-9-14(19)18-15-12(17-13)3-2-8-16-15/h2-6,8,11H,7,9H2,1H3,(H,16,18,19). The fraction of sp³-hybridized carbons (Fsp3) is 0.267. The molecule has 1 amide bonds. The molecule has 1 aromatic rings. The second-order valence-electron chi connectivity index (χ2n) is 4.68. The zero-order valence-corrected chi connectivity index (χ0v) is 11.2. The van der Waals surface area contributed by atoms with Crippen LogP contribution in [0.15, 0.2) is 47.1 Å². The molecule has 0 saturated heterocycles. The summed E-state index contributed by atoms with van der Waals surface area (Å²) in [4.78, 5) is 20.6. The summed E-state index contributed by atoms with van der Waals surface area (Å²) in [5.41, 5.74) is 2.43. The number of ether oxygens (including phenoxy) is 1. The van der Waals surface area contributed by atoms with Crippen molar-refractivity contribution in [3.8, 4) is 0 Å². The second-order valence-corrected chi connectivity index (χ2v) is 4.68. The van der Waals surface area contributed by atoms with Gasteiger partial charge >= 0.3 is 0 Å². The minimum absolute atomic E-state index is 0.0932. The van der Waals surface area contributed by atoms with E-state index in [1.165, 1.54) is 0 Å². The molecule has 5 heteroatoms. The van der Waals surface area contributed by atoms with Crippen LogP contribution >= 0.6 is 0 Å². The van der Waals surface area contributed by atoms with Crippen molar-refractivity contribution < 1.29 is 9.53 Å². The summed E-state index contributed by atoms with van der Waals surface area (Å²) in [5.74, 6) is 0.423. The fourth-order valence-corrected chi connectivity index (χ4v) is 2.25. The van der Waals surface area contributed by atoms with Crippen LogP contribution in [0.4, 0.5) is 11.5 Å². The zero-order chi connectivity index (χ0) is 13.9. The molecule has 1 aliphatic heterocycles. The van der Waals surface area contributed by atoms with Crippen LogP contribution in [0, 0.1) is 0 Å². The molecule has 5 nitrogen and oxygen atoms in total. The van der Waals surface area contributed by atoms with Gasteiger partial charge in [-0.1, -0.05) is 18.2 Å². The third kappa shape index (κ3) is 2.53. The van der Waals surface area contributed by atoms with Crippen LogP contribution in [-0.4, -0.2) is 29.8 Å². The quantitative estimate of drug-likeness (QED) is 0.896. The molecule has 0 fully saturated rings. The summed E-state index contributed by atoms with van der Waals surface area (Å²) in [5, 5.41) is 2.77. The third-order valence-corrected chi connectivity index (χ3v) is 3.32. The van der Waals surface area contributed by atoms with Gasteiger partial charge in [-0.3, -0.25) is 4.79 Å². The number of pyridine rings is 1. The average Bonchev–Trinajstić information content (AvgIpc) is 2.65. The highest BCUT2D eigenvalue weighted by Crippen LogP contribution is 2.27. The van der Waals surface area contributed by atoms with Gasteiger partial charge in [0.25, 0.3) is 0 Å². The van der Waals surface area contributed by atoms with E-state index in [4.69, 9.17) is 4.74 Å². The van der Waals surface area contributed by atoms with Gasteiger partial charge in [0.15, 0.2) is 5.82 Å². The number of aliphatic imine (C=N–C) groups is 1. The predicted octanol–water partition coefficient (Wildman–Crippen LogP) is 2.40. The highest BCUT2D eigenvalue weighted by molar-refractivity contribution is 6.17. The predicted molar refractivity (Wildman–Crippen MR) is 77.2 cm³/mol. The van der Waals surface area contributed by atoms with Crippen LogP contribution in [0.3, 0.4) is 0 Å². The molecule has 1 atom stereocenters. The molecule has 2 heterocycles. The maximum absolute atomic E-state index is 11.9. The van der Waals surface area contributed by atoms with E-state index < -0.39 is 0 Å². The van der Waals surface area contributed by atoms with E-state index in [0.29, 0.717) is 11.5 Å². The van der Waals surface area contributed by atoms with Crippen molar-refractivity contribution >= 4 is 23.1 Å².